The predicted octanol–water partition coefficient (Wildman–Crippen LogP) is 0.376. The zero-order valence-electron chi connectivity index (χ0n) is 20.9. The van der Waals surface area contributed by atoms with Crippen LogP contribution in [0.4, 0.5) is 0 Å². The van der Waals surface area contributed by atoms with Gasteiger partial charge in [0.2, 0.25) is 0 Å². The molecule has 0 amide bonds. The number of nitrogens with zero attached hydrogens (tertiary/aromatic N) is 3. The monoisotopic (exact) mass is 573 g/mol. The molecule has 2 unspecified atom stereocenters. The quantitative estimate of drug-likeness (QED) is 0.232. The van der Waals surface area contributed by atoms with Gasteiger partial charge in [0.15, 0.2) is 5.76 Å². The Balaban J connectivity index is 0.000000530. The van der Waals surface area contributed by atoms with Gasteiger partial charge in [0.1, 0.15) is 17.7 Å². The van der Waals surface area contributed by atoms with Crippen LogP contribution in [-0.4, -0.2) is 117 Å². The number of likely N-dealkylation sites (N-methyl/N-ethyl adjacent to an activating group) is 1. The van der Waals surface area contributed by atoms with Crippen LogP contribution < -0.4 is 0 Å². The molecule has 2 aromatic rings. The molecule has 0 spiro atoms. The Kier molecular flexibility index (Phi) is 13.6. The van der Waals surface area contributed by atoms with Gasteiger partial charge in [-0.05, 0) is 19.2 Å². The molecular formula is C23H28ClN3O12. The summed E-state index contributed by atoms with van der Waals surface area (Å²) in [4.78, 5) is 53.1. The van der Waals surface area contributed by atoms with Crippen molar-refractivity contribution >= 4 is 41.4 Å². The van der Waals surface area contributed by atoms with E-state index in [4.69, 9.17) is 60.5 Å². The van der Waals surface area contributed by atoms with Gasteiger partial charge in [-0.25, -0.2) is 19.2 Å². The van der Waals surface area contributed by atoms with E-state index in [0.717, 1.165) is 26.2 Å². The second-order valence-corrected chi connectivity index (χ2v) is 8.40. The van der Waals surface area contributed by atoms with E-state index in [9.17, 15) is 9.90 Å². The third-order valence-electron chi connectivity index (χ3n) is 5.27. The van der Waals surface area contributed by atoms with E-state index >= 15 is 0 Å². The molecule has 1 aromatic heterocycles. The first kappa shape index (κ1) is 33.0. The van der Waals surface area contributed by atoms with Crippen molar-refractivity contribution < 1.29 is 58.8 Å². The van der Waals surface area contributed by atoms with E-state index in [2.05, 4.69) is 22.0 Å². The van der Waals surface area contributed by atoms with Gasteiger partial charge in [0.05, 0.1) is 12.1 Å². The molecule has 0 bridgehead atoms. The number of aromatic nitrogens is 1. The van der Waals surface area contributed by atoms with E-state index < -0.39 is 41.9 Å². The molecule has 0 radical (unpaired) electrons. The van der Waals surface area contributed by atoms with E-state index in [1.165, 1.54) is 7.11 Å². The molecule has 1 aliphatic rings. The van der Waals surface area contributed by atoms with Gasteiger partial charge >= 0.3 is 29.8 Å². The molecule has 1 aromatic carbocycles. The van der Waals surface area contributed by atoms with Crippen molar-refractivity contribution in [2.75, 3.05) is 46.9 Å². The number of methoxy groups -OCH3 is 1. The van der Waals surface area contributed by atoms with Crippen molar-refractivity contribution in [3.8, 4) is 11.3 Å². The maximum Gasteiger partial charge on any atom is 0.414 e. The minimum Gasteiger partial charge on any atom is -0.473 e. The maximum atomic E-state index is 12.3. The van der Waals surface area contributed by atoms with Crippen molar-refractivity contribution in [2.45, 2.75) is 6.10 Å². The lowest BCUT2D eigenvalue weighted by molar-refractivity contribution is -0.159. The Hall–Kier alpha value is -4.05. The smallest absolute Gasteiger partial charge is 0.414 e. The molecule has 1 aliphatic heterocycles. The Bertz CT molecular complexity index is 1100. The fraction of sp³-hybridized carbons (Fsp3) is 0.391. The first-order valence-corrected chi connectivity index (χ1v) is 11.5. The molecule has 5 N–H and O–H groups in total. The highest BCUT2D eigenvalue weighted by Crippen LogP contribution is 2.31. The molecule has 39 heavy (non-hydrogen) atoms. The number of carboxylic acids is 4. The first-order chi connectivity index (χ1) is 18.3. The number of hydrogen-bond acceptors (Lipinski definition) is 11. The lowest BCUT2D eigenvalue weighted by atomic mass is 9.98. The highest BCUT2D eigenvalue weighted by atomic mass is 35.5. The van der Waals surface area contributed by atoms with Crippen LogP contribution in [0.3, 0.4) is 0 Å². The molecule has 2 heterocycles. The largest absolute Gasteiger partial charge is 0.473 e. The summed E-state index contributed by atoms with van der Waals surface area (Å²) in [6, 6.07) is 8.83. The minimum atomic E-state index is -1.82. The van der Waals surface area contributed by atoms with Crippen molar-refractivity contribution in [1.29, 1.82) is 0 Å². The van der Waals surface area contributed by atoms with E-state index in [-0.39, 0.29) is 5.69 Å². The molecular weight excluding hydrogens is 546 g/mol. The molecule has 1 saturated heterocycles. The van der Waals surface area contributed by atoms with Crippen LogP contribution in [0.15, 0.2) is 34.9 Å². The number of ether oxygens (including phenoxy) is 1. The molecule has 2 atom stereocenters. The number of esters is 1. The van der Waals surface area contributed by atoms with Crippen molar-refractivity contribution in [2.24, 2.45) is 5.92 Å². The van der Waals surface area contributed by atoms with Crippen LogP contribution in [0.25, 0.3) is 11.3 Å². The summed E-state index contributed by atoms with van der Waals surface area (Å²) in [5.41, 5.74) is 0.966. The van der Waals surface area contributed by atoms with Gasteiger partial charge in [-0.15, -0.1) is 0 Å². The van der Waals surface area contributed by atoms with Crippen LogP contribution >= 0.6 is 11.6 Å². The lowest BCUT2D eigenvalue weighted by Gasteiger charge is -2.34. The second kappa shape index (κ2) is 16.0. The van der Waals surface area contributed by atoms with Gasteiger partial charge in [-0.2, -0.15) is 0 Å². The summed E-state index contributed by atoms with van der Waals surface area (Å²) in [5.74, 6) is -8.07. The first-order valence-electron chi connectivity index (χ1n) is 11.1. The molecule has 1 fully saturated rings. The molecule has 0 saturated carbocycles. The van der Waals surface area contributed by atoms with E-state index in [1.54, 1.807) is 18.2 Å². The summed E-state index contributed by atoms with van der Waals surface area (Å²) in [6.07, 6.45) is -1.13. The van der Waals surface area contributed by atoms with E-state index in [0.29, 0.717) is 22.9 Å². The average molecular weight is 574 g/mol. The third-order valence-corrected chi connectivity index (χ3v) is 5.60. The normalized spacial score (nSPS) is 14.9. The molecule has 16 heteroatoms. The Morgan fingerprint density at radius 3 is 1.95 bits per heavy atom. The van der Waals surface area contributed by atoms with Crippen molar-refractivity contribution in [3.63, 3.8) is 0 Å². The number of benzene rings is 1. The summed E-state index contributed by atoms with van der Waals surface area (Å²) in [5, 5.41) is 44.8. The van der Waals surface area contributed by atoms with E-state index in [1.807, 2.05) is 12.1 Å². The highest BCUT2D eigenvalue weighted by molar-refractivity contribution is 6.33. The van der Waals surface area contributed by atoms with Crippen LogP contribution in [-0.2, 0) is 28.7 Å². The van der Waals surface area contributed by atoms with Crippen molar-refractivity contribution in [1.82, 2.24) is 15.0 Å². The maximum absolute atomic E-state index is 12.3. The number of aliphatic carboxylic acids is 4. The van der Waals surface area contributed by atoms with Gasteiger partial charge in [-0.3, -0.25) is 9.69 Å². The summed E-state index contributed by atoms with van der Waals surface area (Å²) in [7, 11) is 3.39. The number of rotatable bonds is 6. The minimum absolute atomic E-state index is 0.287. The number of hydrogen-bond donors (Lipinski definition) is 5. The number of aliphatic hydroxyl groups is 1. The summed E-state index contributed by atoms with van der Waals surface area (Å²) >= 11 is 6.19. The standard InChI is InChI=1S/C19H24ClN3O4.2C2H2O4/c1-22-7-9-23(10-8-22)12-14(19(25)26-2)18(24)16-11-17(27-21-16)13-5-3-4-6-15(13)20;2*3-1(4)2(5)6/h3-6,11,14,18,24H,7-10,12H2,1-2H3;2*(H,3,4)(H,5,6). The average Bonchev–Trinajstić information content (AvgIpc) is 3.38. The SMILES string of the molecule is COC(=O)C(CN1CCN(C)CC1)C(O)c1cc(-c2ccccc2Cl)on1.O=C(O)C(=O)O.O=C(O)C(=O)O. The fourth-order valence-electron chi connectivity index (χ4n) is 3.19. The number of carboxylic acid groups (broad SMARTS) is 4. The second-order valence-electron chi connectivity index (χ2n) is 7.99. The van der Waals surface area contributed by atoms with Crippen LogP contribution in [0, 0.1) is 5.92 Å². The number of aliphatic hydroxyl groups excluding tert-OH is 1. The van der Waals surface area contributed by atoms with Gasteiger partial charge in [0.25, 0.3) is 0 Å². The number of halogens is 1. The summed E-state index contributed by atoms with van der Waals surface area (Å²) < 4.78 is 10.3. The van der Waals surface area contributed by atoms with Crippen molar-refractivity contribution in [3.05, 3.63) is 41.0 Å². The zero-order chi connectivity index (χ0) is 29.7. The molecule has 15 nitrogen and oxygen atoms in total. The van der Waals surface area contributed by atoms with Crippen LogP contribution in [0.5, 0.6) is 0 Å². The number of piperazine rings is 1. The number of carbonyl (C=O) groups excluding carboxylic acids is 1. The number of carbonyl (C=O) groups is 5. The molecule has 0 aliphatic carbocycles. The summed E-state index contributed by atoms with van der Waals surface area (Å²) in [6.45, 7) is 3.91. The van der Waals surface area contributed by atoms with Crippen LogP contribution in [0.2, 0.25) is 5.02 Å². The topological polar surface area (TPSA) is 228 Å². The van der Waals surface area contributed by atoms with Crippen LogP contribution in [0.1, 0.15) is 11.8 Å². The highest BCUT2D eigenvalue weighted by Gasteiger charge is 2.34. The van der Waals surface area contributed by atoms with Gasteiger partial charge in [-0.1, -0.05) is 28.9 Å². The van der Waals surface area contributed by atoms with Gasteiger partial charge < -0.3 is 39.7 Å². The Labute approximate surface area is 226 Å². The van der Waals surface area contributed by atoms with Gasteiger partial charge in [0, 0.05) is 44.4 Å². The Morgan fingerprint density at radius 1 is 0.974 bits per heavy atom. The Morgan fingerprint density at radius 2 is 1.49 bits per heavy atom. The lowest BCUT2D eigenvalue weighted by Crippen LogP contribution is -2.48. The predicted molar refractivity (Wildman–Crippen MR) is 132 cm³/mol. The molecule has 214 valence electrons. The zero-order valence-corrected chi connectivity index (χ0v) is 21.6. The fourth-order valence-corrected chi connectivity index (χ4v) is 3.41. The molecule has 3 rings (SSSR count). The third kappa shape index (κ3) is 11.1.